The highest BCUT2D eigenvalue weighted by Crippen LogP contribution is 2.43. The number of aliphatic carboxylic acids is 1. The normalized spacial score (nSPS) is 11.2. The Bertz CT molecular complexity index is 2050. The zero-order valence-electron chi connectivity index (χ0n) is 25.0. The number of rotatable bonds is 15. The third kappa shape index (κ3) is 8.49. The quantitative estimate of drug-likeness (QED) is 0.0297. The predicted molar refractivity (Wildman–Crippen MR) is 203 cm³/mol. The maximum atomic E-state index is 12.8. The minimum atomic E-state index is -0.975. The summed E-state index contributed by atoms with van der Waals surface area (Å²) >= 11 is 8.43. The van der Waals surface area contributed by atoms with Crippen LogP contribution in [-0.2, 0) is 20.7 Å². The molecule has 2 aromatic heterocycles. The van der Waals surface area contributed by atoms with Gasteiger partial charge in [0.25, 0.3) is 0 Å². The summed E-state index contributed by atoms with van der Waals surface area (Å²) in [6.45, 7) is 0.131. The van der Waals surface area contributed by atoms with Crippen molar-refractivity contribution in [2.75, 3.05) is 27.6 Å². The molecule has 0 saturated heterocycles. The molecule has 246 valence electrons. The second-order valence-corrected chi connectivity index (χ2v) is 16.3. The Morgan fingerprint density at radius 1 is 0.688 bits per heavy atom. The van der Waals surface area contributed by atoms with Crippen LogP contribution < -0.4 is 9.44 Å². The second kappa shape index (κ2) is 16.2. The Morgan fingerprint density at radius 2 is 1.27 bits per heavy atom. The molecule has 0 bridgehead atoms. The lowest BCUT2D eigenvalue weighted by atomic mass is 10.0. The average molecular weight is 753 g/mol. The van der Waals surface area contributed by atoms with Crippen molar-refractivity contribution in [2.24, 2.45) is 0 Å². The van der Waals surface area contributed by atoms with Gasteiger partial charge < -0.3 is 29.5 Å². The van der Waals surface area contributed by atoms with Crippen LogP contribution in [0.4, 0.5) is 11.4 Å². The van der Waals surface area contributed by atoms with Gasteiger partial charge in [0, 0.05) is 28.0 Å². The van der Waals surface area contributed by atoms with Gasteiger partial charge in [-0.15, -0.1) is 46.2 Å². The van der Waals surface area contributed by atoms with E-state index in [0.717, 1.165) is 47.9 Å². The fourth-order valence-electron chi connectivity index (χ4n) is 4.77. The predicted octanol–water partition coefficient (Wildman–Crippen LogP) is 9.82. The number of phenolic OH excluding ortho intramolecular Hbond substituents is 2. The Labute approximate surface area is 301 Å². The SMILES string of the molecule is O=C(O)CSc1cc(NSc2cccs2)c2ccc(CCOC(=O)CSc3cc(NSc4cccs4)c4ccccc4c3O)cc2c1O. The van der Waals surface area contributed by atoms with Gasteiger partial charge in [-0.25, -0.2) is 0 Å². The molecule has 0 aliphatic carbocycles. The van der Waals surface area contributed by atoms with E-state index in [-0.39, 0.29) is 29.6 Å². The Balaban J connectivity index is 1.11. The molecule has 4 aromatic carbocycles. The number of hydrogen-bond donors (Lipinski definition) is 5. The van der Waals surface area contributed by atoms with Crippen molar-refractivity contribution in [2.45, 2.75) is 24.6 Å². The standard InChI is InChI=1S/C34H28N2O6S6/c37-29(38)18-45-28-17-26(36-48-32-8-4-14-44-32)22-10-9-20(15-24(22)34(28)41)11-12-42-30(39)19-46-27-16-25(35-47-31-7-3-13-43-31)21-5-1-2-6-23(21)33(27)40/h1-10,13-17,35-36,40-41H,11-12,18-19H2,(H,37,38). The maximum Gasteiger partial charge on any atom is 0.316 e. The first-order chi connectivity index (χ1) is 23.4. The molecule has 6 rings (SSSR count). The number of ether oxygens (including phenoxy) is 1. The zero-order valence-corrected chi connectivity index (χ0v) is 29.9. The van der Waals surface area contributed by atoms with Gasteiger partial charge in [-0.1, -0.05) is 48.5 Å². The average Bonchev–Trinajstić information content (AvgIpc) is 3.82. The first kappa shape index (κ1) is 34.2. The van der Waals surface area contributed by atoms with E-state index in [0.29, 0.717) is 27.0 Å². The maximum absolute atomic E-state index is 12.8. The number of anilines is 2. The highest BCUT2D eigenvalue weighted by Gasteiger charge is 2.17. The number of benzene rings is 4. The molecule has 0 saturated carbocycles. The van der Waals surface area contributed by atoms with Crippen LogP contribution in [0, 0.1) is 0 Å². The van der Waals surface area contributed by atoms with Crippen molar-refractivity contribution in [3.05, 3.63) is 95.2 Å². The summed E-state index contributed by atoms with van der Waals surface area (Å²) in [4.78, 5) is 25.0. The highest BCUT2D eigenvalue weighted by atomic mass is 32.2. The van der Waals surface area contributed by atoms with E-state index >= 15 is 0 Å². The third-order valence-corrected chi connectivity index (χ3v) is 12.7. The molecule has 2 heterocycles. The van der Waals surface area contributed by atoms with E-state index in [9.17, 15) is 24.9 Å². The van der Waals surface area contributed by atoms with Crippen LogP contribution in [0.1, 0.15) is 5.56 Å². The van der Waals surface area contributed by atoms with Crippen LogP contribution in [0.25, 0.3) is 21.5 Å². The van der Waals surface area contributed by atoms with Crippen LogP contribution in [0.3, 0.4) is 0 Å². The summed E-state index contributed by atoms with van der Waals surface area (Å²) in [5.41, 5.74) is 2.44. The van der Waals surface area contributed by atoms with Gasteiger partial charge >= 0.3 is 11.9 Å². The van der Waals surface area contributed by atoms with Crippen LogP contribution in [0.15, 0.2) is 108 Å². The van der Waals surface area contributed by atoms with E-state index in [1.165, 1.54) is 35.7 Å². The second-order valence-electron chi connectivity index (χ2n) is 10.2. The lowest BCUT2D eigenvalue weighted by Crippen LogP contribution is -2.10. The molecule has 0 aliphatic heterocycles. The van der Waals surface area contributed by atoms with Crippen molar-refractivity contribution in [1.82, 2.24) is 0 Å². The first-order valence-electron chi connectivity index (χ1n) is 14.4. The topological polar surface area (TPSA) is 128 Å². The molecule has 0 fully saturated rings. The largest absolute Gasteiger partial charge is 0.506 e. The molecule has 8 nitrogen and oxygen atoms in total. The summed E-state index contributed by atoms with van der Waals surface area (Å²) in [5.74, 6) is -1.43. The van der Waals surface area contributed by atoms with E-state index in [1.54, 1.807) is 28.7 Å². The highest BCUT2D eigenvalue weighted by molar-refractivity contribution is 8.02. The van der Waals surface area contributed by atoms with E-state index < -0.39 is 11.9 Å². The van der Waals surface area contributed by atoms with Gasteiger partial charge in [-0.05, 0) is 70.6 Å². The van der Waals surface area contributed by atoms with Gasteiger partial charge in [0.2, 0.25) is 0 Å². The molecule has 14 heteroatoms. The molecule has 0 unspecified atom stereocenters. The Hall–Kier alpha value is -3.66. The van der Waals surface area contributed by atoms with Gasteiger partial charge in [0.1, 0.15) is 11.5 Å². The van der Waals surface area contributed by atoms with Crippen LogP contribution >= 0.6 is 70.1 Å². The number of nitrogens with one attached hydrogen (secondary N) is 2. The number of thioether (sulfide) groups is 2. The summed E-state index contributed by atoms with van der Waals surface area (Å²) in [7, 11) is 0. The summed E-state index contributed by atoms with van der Waals surface area (Å²) in [6.07, 6.45) is 0.417. The van der Waals surface area contributed by atoms with E-state index in [1.807, 2.05) is 83.6 Å². The number of thiophene rings is 2. The molecule has 0 aliphatic rings. The van der Waals surface area contributed by atoms with Crippen LogP contribution in [-0.4, -0.2) is 45.4 Å². The molecule has 5 N–H and O–H groups in total. The lowest BCUT2D eigenvalue weighted by Gasteiger charge is -2.15. The summed E-state index contributed by atoms with van der Waals surface area (Å²) in [5, 5.41) is 38.2. The fourth-order valence-corrected chi connectivity index (χ4v) is 9.21. The van der Waals surface area contributed by atoms with Gasteiger partial charge in [-0.2, -0.15) is 0 Å². The number of hydrogen-bond acceptors (Lipinski definition) is 13. The molecule has 0 radical (unpaired) electrons. The number of aromatic hydroxyl groups is 2. The van der Waals surface area contributed by atoms with Crippen molar-refractivity contribution >= 4 is 115 Å². The van der Waals surface area contributed by atoms with Gasteiger partial charge in [0.05, 0.1) is 47.7 Å². The smallest absolute Gasteiger partial charge is 0.316 e. The molecule has 6 aromatic rings. The van der Waals surface area contributed by atoms with Crippen LogP contribution in [0.5, 0.6) is 11.5 Å². The number of carbonyl (C=O) groups is 2. The number of fused-ring (bicyclic) bond motifs is 2. The van der Waals surface area contributed by atoms with Crippen molar-refractivity contribution in [3.8, 4) is 11.5 Å². The monoisotopic (exact) mass is 752 g/mol. The van der Waals surface area contributed by atoms with Gasteiger partial charge in [-0.3, -0.25) is 9.59 Å². The minimum absolute atomic E-state index is 0.0102. The number of phenols is 2. The van der Waals surface area contributed by atoms with Crippen LogP contribution in [0.2, 0.25) is 0 Å². The molecule has 48 heavy (non-hydrogen) atoms. The molecule has 0 amide bonds. The van der Waals surface area contributed by atoms with Gasteiger partial charge in [0.15, 0.2) is 0 Å². The molecular formula is C34H28N2O6S6. The number of carboxylic acids is 1. The minimum Gasteiger partial charge on any atom is -0.506 e. The number of carboxylic acid groups (broad SMARTS) is 1. The van der Waals surface area contributed by atoms with Crippen molar-refractivity contribution in [1.29, 1.82) is 0 Å². The Morgan fingerprint density at radius 3 is 1.88 bits per heavy atom. The molecule has 0 atom stereocenters. The molecule has 0 spiro atoms. The summed E-state index contributed by atoms with van der Waals surface area (Å²) in [6, 6.07) is 24.8. The van der Waals surface area contributed by atoms with E-state index in [2.05, 4.69) is 9.44 Å². The zero-order chi connectivity index (χ0) is 33.5. The number of esters is 1. The summed E-state index contributed by atoms with van der Waals surface area (Å²) < 4.78 is 14.4. The third-order valence-electron chi connectivity index (χ3n) is 6.98. The first-order valence-corrected chi connectivity index (χ1v) is 19.8. The van der Waals surface area contributed by atoms with Crippen molar-refractivity contribution in [3.63, 3.8) is 0 Å². The lowest BCUT2D eigenvalue weighted by molar-refractivity contribution is -0.140. The fraction of sp³-hybridized carbons (Fsp3) is 0.118. The molecular weight excluding hydrogens is 725 g/mol. The Kier molecular flexibility index (Phi) is 11.5. The number of carbonyl (C=O) groups excluding carboxylic acids is 1. The van der Waals surface area contributed by atoms with Crippen molar-refractivity contribution < 1.29 is 29.6 Å². The van der Waals surface area contributed by atoms with E-state index in [4.69, 9.17) is 4.74 Å².